The highest BCUT2D eigenvalue weighted by molar-refractivity contribution is 6.02. The molecule has 4 aromatic rings. The number of carbonyl (C=O) groups excluding carboxylic acids is 1. The SMILES string of the molecule is Cc1cc(C)n(-c2cccc(NC(=O)c3cn(-c4ccccc4)nn3)c2)n1. The van der Waals surface area contributed by atoms with E-state index in [1.54, 1.807) is 10.9 Å². The van der Waals surface area contributed by atoms with Gasteiger partial charge in [0.05, 0.1) is 23.3 Å². The molecule has 0 radical (unpaired) electrons. The fraction of sp³-hybridized carbons (Fsp3) is 0.100. The molecule has 1 N–H and O–H groups in total. The fourth-order valence-electron chi connectivity index (χ4n) is 2.88. The van der Waals surface area contributed by atoms with Crippen molar-refractivity contribution in [3.05, 3.63) is 83.9 Å². The molecule has 0 bridgehead atoms. The van der Waals surface area contributed by atoms with Gasteiger partial charge in [-0.2, -0.15) is 5.10 Å². The first-order valence-electron chi connectivity index (χ1n) is 8.53. The summed E-state index contributed by atoms with van der Waals surface area (Å²) in [5.41, 5.74) is 4.61. The molecule has 0 spiro atoms. The molecule has 0 aliphatic heterocycles. The van der Waals surface area contributed by atoms with E-state index in [1.807, 2.05) is 79.2 Å². The average molecular weight is 358 g/mol. The molecule has 2 aromatic heterocycles. The normalized spacial score (nSPS) is 10.7. The molecule has 0 aliphatic carbocycles. The molecule has 2 heterocycles. The fourth-order valence-corrected chi connectivity index (χ4v) is 2.88. The number of nitrogens with zero attached hydrogens (tertiary/aromatic N) is 5. The van der Waals surface area contributed by atoms with Gasteiger partial charge in [0.1, 0.15) is 0 Å². The van der Waals surface area contributed by atoms with E-state index in [4.69, 9.17) is 0 Å². The zero-order chi connectivity index (χ0) is 18.8. The second-order valence-electron chi connectivity index (χ2n) is 6.23. The van der Waals surface area contributed by atoms with Gasteiger partial charge in [0, 0.05) is 11.4 Å². The summed E-state index contributed by atoms with van der Waals surface area (Å²) in [4.78, 5) is 12.5. The molecule has 27 heavy (non-hydrogen) atoms. The summed E-state index contributed by atoms with van der Waals surface area (Å²) in [6, 6.07) is 19.1. The third-order valence-corrected chi connectivity index (χ3v) is 4.10. The zero-order valence-corrected chi connectivity index (χ0v) is 15.0. The molecule has 7 heteroatoms. The van der Waals surface area contributed by atoms with Crippen LogP contribution in [0.4, 0.5) is 5.69 Å². The Labute approximate surface area is 156 Å². The number of aryl methyl sites for hydroxylation is 2. The van der Waals surface area contributed by atoms with Gasteiger partial charge >= 0.3 is 0 Å². The third kappa shape index (κ3) is 3.48. The van der Waals surface area contributed by atoms with Crippen LogP contribution in [-0.4, -0.2) is 30.7 Å². The van der Waals surface area contributed by atoms with E-state index in [1.165, 1.54) is 0 Å². The number of amides is 1. The molecule has 0 saturated carbocycles. The van der Waals surface area contributed by atoms with Crippen molar-refractivity contribution in [3.63, 3.8) is 0 Å². The lowest BCUT2D eigenvalue weighted by Crippen LogP contribution is -2.12. The predicted molar refractivity (Wildman–Crippen MR) is 102 cm³/mol. The molecular formula is C20H18N6O. The van der Waals surface area contributed by atoms with Crippen LogP contribution in [0.1, 0.15) is 21.9 Å². The van der Waals surface area contributed by atoms with Crippen LogP contribution >= 0.6 is 0 Å². The average Bonchev–Trinajstić information content (AvgIpc) is 3.29. The van der Waals surface area contributed by atoms with E-state index in [0.717, 1.165) is 22.8 Å². The summed E-state index contributed by atoms with van der Waals surface area (Å²) < 4.78 is 3.41. The molecule has 0 atom stereocenters. The number of hydrogen-bond donors (Lipinski definition) is 1. The van der Waals surface area contributed by atoms with E-state index in [-0.39, 0.29) is 11.6 Å². The Morgan fingerprint density at radius 2 is 1.74 bits per heavy atom. The van der Waals surface area contributed by atoms with Crippen LogP contribution in [0.5, 0.6) is 0 Å². The minimum atomic E-state index is -0.317. The number of carbonyl (C=O) groups is 1. The van der Waals surface area contributed by atoms with Gasteiger partial charge in [-0.15, -0.1) is 5.10 Å². The summed E-state index contributed by atoms with van der Waals surface area (Å²) >= 11 is 0. The second kappa shape index (κ2) is 6.87. The second-order valence-corrected chi connectivity index (χ2v) is 6.23. The minimum absolute atomic E-state index is 0.246. The largest absolute Gasteiger partial charge is 0.320 e. The molecule has 1 amide bonds. The lowest BCUT2D eigenvalue weighted by Gasteiger charge is -2.08. The predicted octanol–water partition coefficient (Wildman–Crippen LogP) is 3.32. The maximum absolute atomic E-state index is 12.5. The molecule has 0 fully saturated rings. The van der Waals surface area contributed by atoms with Crippen LogP contribution in [0.15, 0.2) is 66.9 Å². The minimum Gasteiger partial charge on any atom is -0.320 e. The van der Waals surface area contributed by atoms with Crippen LogP contribution in [0, 0.1) is 13.8 Å². The van der Waals surface area contributed by atoms with Gasteiger partial charge in [-0.25, -0.2) is 9.36 Å². The molecule has 0 aliphatic rings. The molecule has 134 valence electrons. The Morgan fingerprint density at radius 1 is 0.963 bits per heavy atom. The molecule has 0 saturated heterocycles. The quantitative estimate of drug-likeness (QED) is 0.607. The van der Waals surface area contributed by atoms with Crippen molar-refractivity contribution < 1.29 is 4.79 Å². The third-order valence-electron chi connectivity index (χ3n) is 4.10. The van der Waals surface area contributed by atoms with Gasteiger partial charge in [0.25, 0.3) is 5.91 Å². The molecule has 7 nitrogen and oxygen atoms in total. The number of benzene rings is 2. The Balaban J connectivity index is 1.54. The van der Waals surface area contributed by atoms with Crippen molar-refractivity contribution in [1.29, 1.82) is 0 Å². The van der Waals surface area contributed by atoms with Crippen LogP contribution in [-0.2, 0) is 0 Å². The maximum Gasteiger partial charge on any atom is 0.277 e. The number of nitrogens with one attached hydrogen (secondary N) is 1. The molecule has 0 unspecified atom stereocenters. The molecule has 4 rings (SSSR count). The highest BCUT2D eigenvalue weighted by Gasteiger charge is 2.12. The van der Waals surface area contributed by atoms with Gasteiger partial charge in [0.15, 0.2) is 5.69 Å². The molecular weight excluding hydrogens is 340 g/mol. The van der Waals surface area contributed by atoms with Crippen LogP contribution in [0.25, 0.3) is 11.4 Å². The lowest BCUT2D eigenvalue weighted by atomic mass is 10.2. The summed E-state index contributed by atoms with van der Waals surface area (Å²) in [7, 11) is 0. The Morgan fingerprint density at radius 3 is 2.48 bits per heavy atom. The monoisotopic (exact) mass is 358 g/mol. The van der Waals surface area contributed by atoms with Crippen molar-refractivity contribution in [3.8, 4) is 11.4 Å². The highest BCUT2D eigenvalue weighted by Crippen LogP contribution is 2.17. The standard InChI is InChI=1S/C20H18N6O/c1-14-11-15(2)26(23-14)18-10-6-7-16(12-18)21-20(27)19-13-25(24-22-19)17-8-4-3-5-9-17/h3-13H,1-2H3,(H,21,27). The van der Waals surface area contributed by atoms with Crippen LogP contribution in [0.2, 0.25) is 0 Å². The molecule has 2 aromatic carbocycles. The summed E-state index contributed by atoms with van der Waals surface area (Å²) in [5.74, 6) is -0.317. The first-order chi connectivity index (χ1) is 13.1. The van der Waals surface area contributed by atoms with E-state index in [9.17, 15) is 4.79 Å². The summed E-state index contributed by atoms with van der Waals surface area (Å²) in [6.45, 7) is 3.94. The van der Waals surface area contributed by atoms with Gasteiger partial charge < -0.3 is 5.32 Å². The van der Waals surface area contributed by atoms with Gasteiger partial charge in [-0.1, -0.05) is 29.5 Å². The topological polar surface area (TPSA) is 77.6 Å². The van der Waals surface area contributed by atoms with Crippen LogP contribution < -0.4 is 5.32 Å². The van der Waals surface area contributed by atoms with E-state index < -0.39 is 0 Å². The maximum atomic E-state index is 12.5. The van der Waals surface area contributed by atoms with Gasteiger partial charge in [-0.05, 0) is 50.2 Å². The summed E-state index contributed by atoms with van der Waals surface area (Å²) in [5, 5.41) is 15.3. The Hall–Kier alpha value is -3.74. The Bertz CT molecular complexity index is 1100. The summed E-state index contributed by atoms with van der Waals surface area (Å²) in [6.07, 6.45) is 1.61. The van der Waals surface area contributed by atoms with E-state index >= 15 is 0 Å². The lowest BCUT2D eigenvalue weighted by molar-refractivity contribution is 0.102. The smallest absolute Gasteiger partial charge is 0.277 e. The first kappa shape index (κ1) is 16.7. The number of anilines is 1. The number of aromatic nitrogens is 5. The van der Waals surface area contributed by atoms with Crippen molar-refractivity contribution >= 4 is 11.6 Å². The van der Waals surface area contributed by atoms with Crippen molar-refractivity contribution in [1.82, 2.24) is 24.8 Å². The van der Waals surface area contributed by atoms with Gasteiger partial charge in [0.2, 0.25) is 0 Å². The Kier molecular flexibility index (Phi) is 4.25. The van der Waals surface area contributed by atoms with Crippen LogP contribution in [0.3, 0.4) is 0 Å². The van der Waals surface area contributed by atoms with E-state index in [2.05, 4.69) is 20.7 Å². The highest BCUT2D eigenvalue weighted by atomic mass is 16.2. The number of para-hydroxylation sites is 1. The first-order valence-corrected chi connectivity index (χ1v) is 8.53. The van der Waals surface area contributed by atoms with Crippen molar-refractivity contribution in [2.75, 3.05) is 5.32 Å². The van der Waals surface area contributed by atoms with Crippen molar-refractivity contribution in [2.45, 2.75) is 13.8 Å². The van der Waals surface area contributed by atoms with Gasteiger partial charge in [-0.3, -0.25) is 4.79 Å². The van der Waals surface area contributed by atoms with Crippen molar-refractivity contribution in [2.24, 2.45) is 0 Å². The number of hydrogen-bond acceptors (Lipinski definition) is 4. The zero-order valence-electron chi connectivity index (χ0n) is 15.0. The van der Waals surface area contributed by atoms with E-state index in [0.29, 0.717) is 5.69 Å². The number of rotatable bonds is 4.